The predicted octanol–water partition coefficient (Wildman–Crippen LogP) is 2.74. The van der Waals surface area contributed by atoms with Crippen LogP contribution in [0.2, 0.25) is 0 Å². The molecule has 0 aromatic heterocycles. The van der Waals surface area contributed by atoms with Gasteiger partial charge in [-0.25, -0.2) is 4.79 Å². The van der Waals surface area contributed by atoms with Gasteiger partial charge in [0.1, 0.15) is 5.75 Å². The first-order chi connectivity index (χ1) is 17.0. The van der Waals surface area contributed by atoms with Crippen LogP contribution in [-0.2, 0) is 16.0 Å². The molecule has 0 aliphatic carbocycles. The summed E-state index contributed by atoms with van der Waals surface area (Å²) in [7, 11) is 1.67. The molecule has 0 saturated carbocycles. The summed E-state index contributed by atoms with van der Waals surface area (Å²) in [5.41, 5.74) is 3.03. The molecule has 0 bridgehead atoms. The zero-order chi connectivity index (χ0) is 24.8. The van der Waals surface area contributed by atoms with E-state index in [4.69, 9.17) is 9.47 Å². The normalized spacial score (nSPS) is 21.0. The number of benzene rings is 1. The lowest BCUT2D eigenvalue weighted by Gasteiger charge is -2.41. The highest BCUT2D eigenvalue weighted by molar-refractivity contribution is 5.84. The summed E-state index contributed by atoms with van der Waals surface area (Å²) in [6.07, 6.45) is 4.64. The van der Waals surface area contributed by atoms with Crippen molar-refractivity contribution in [2.75, 3.05) is 59.5 Å². The van der Waals surface area contributed by atoms with E-state index in [1.54, 1.807) is 12.0 Å². The van der Waals surface area contributed by atoms with Crippen molar-refractivity contribution in [3.8, 4) is 5.75 Å². The van der Waals surface area contributed by atoms with Crippen molar-refractivity contribution in [2.45, 2.75) is 64.5 Å². The largest absolute Gasteiger partial charge is 0.496 e. The van der Waals surface area contributed by atoms with E-state index in [1.807, 2.05) is 30.9 Å². The Balaban J connectivity index is 1.45. The molecule has 3 aliphatic heterocycles. The molecule has 0 radical (unpaired) electrons. The van der Waals surface area contributed by atoms with Crippen LogP contribution in [0, 0.1) is 13.8 Å². The van der Waals surface area contributed by atoms with E-state index >= 15 is 0 Å². The molecule has 3 saturated heterocycles. The van der Waals surface area contributed by atoms with Gasteiger partial charge in [-0.2, -0.15) is 0 Å². The summed E-state index contributed by atoms with van der Waals surface area (Å²) in [5, 5.41) is 3.43. The number of hydrogen-bond acceptors (Lipinski definition) is 6. The lowest BCUT2D eigenvalue weighted by Crippen LogP contribution is -2.56. The van der Waals surface area contributed by atoms with Gasteiger partial charge in [0.25, 0.3) is 5.91 Å². The van der Waals surface area contributed by atoms with Gasteiger partial charge in [-0.15, -0.1) is 0 Å². The van der Waals surface area contributed by atoms with Crippen LogP contribution in [0.5, 0.6) is 5.75 Å². The van der Waals surface area contributed by atoms with E-state index in [0.717, 1.165) is 67.9 Å². The third kappa shape index (κ3) is 6.47. The van der Waals surface area contributed by atoms with Crippen molar-refractivity contribution < 1.29 is 19.1 Å². The number of piperidine rings is 2. The van der Waals surface area contributed by atoms with Gasteiger partial charge in [0.2, 0.25) is 0 Å². The minimum atomic E-state index is -0.818. The standard InChI is InChI=1S/C27H42N4O4/c1-20-17-22(18-21(2)25(20)34-3)19-24(35-27(33)31-11-5-4-6-12-31)26(32)30-15-13-29(14-16-30)23-7-9-28-10-8-23/h17-18,23-24,28H,4-16,19H2,1-3H3/t24-/m1/s1. The third-order valence-electron chi connectivity index (χ3n) is 7.73. The number of ether oxygens (including phenoxy) is 2. The monoisotopic (exact) mass is 486 g/mol. The Hall–Kier alpha value is -2.32. The summed E-state index contributed by atoms with van der Waals surface area (Å²) in [6.45, 7) is 10.7. The molecule has 1 atom stereocenters. The number of likely N-dealkylation sites (tertiary alicyclic amines) is 1. The molecule has 8 nitrogen and oxygen atoms in total. The number of carbonyl (C=O) groups excluding carboxylic acids is 2. The molecule has 3 fully saturated rings. The summed E-state index contributed by atoms with van der Waals surface area (Å²) < 4.78 is 11.4. The molecule has 1 aromatic carbocycles. The number of carbonyl (C=O) groups is 2. The third-order valence-corrected chi connectivity index (χ3v) is 7.73. The highest BCUT2D eigenvalue weighted by Gasteiger charge is 2.34. The van der Waals surface area contributed by atoms with Gasteiger partial charge in [-0.1, -0.05) is 12.1 Å². The van der Waals surface area contributed by atoms with Crippen LogP contribution in [0.4, 0.5) is 4.79 Å². The molecule has 1 N–H and O–H groups in total. The second kappa shape index (κ2) is 12.1. The zero-order valence-electron chi connectivity index (χ0n) is 21.7. The van der Waals surface area contributed by atoms with E-state index in [1.165, 1.54) is 12.8 Å². The minimum absolute atomic E-state index is 0.0774. The zero-order valence-corrected chi connectivity index (χ0v) is 21.7. The number of nitrogens with one attached hydrogen (secondary N) is 1. The molecule has 3 heterocycles. The summed E-state index contributed by atoms with van der Waals surface area (Å²) in [5.74, 6) is 0.780. The second-order valence-electron chi connectivity index (χ2n) is 10.2. The number of rotatable bonds is 6. The van der Waals surface area contributed by atoms with Crippen molar-refractivity contribution in [3.63, 3.8) is 0 Å². The Morgan fingerprint density at radius 3 is 2.17 bits per heavy atom. The Morgan fingerprint density at radius 2 is 1.57 bits per heavy atom. The molecule has 3 aliphatic rings. The summed E-state index contributed by atoms with van der Waals surface area (Å²) in [4.78, 5) is 32.8. The Bertz CT molecular complexity index is 849. The smallest absolute Gasteiger partial charge is 0.410 e. The summed E-state index contributed by atoms with van der Waals surface area (Å²) in [6, 6.07) is 4.68. The topological polar surface area (TPSA) is 74.4 Å². The fourth-order valence-corrected chi connectivity index (χ4v) is 5.83. The van der Waals surface area contributed by atoms with Gasteiger partial charge >= 0.3 is 6.09 Å². The molecule has 0 spiro atoms. The molecule has 194 valence electrons. The number of aryl methyl sites for hydroxylation is 2. The van der Waals surface area contributed by atoms with Crippen LogP contribution in [0.25, 0.3) is 0 Å². The van der Waals surface area contributed by atoms with Crippen LogP contribution < -0.4 is 10.1 Å². The lowest BCUT2D eigenvalue weighted by molar-refractivity contribution is -0.143. The first-order valence-electron chi connectivity index (χ1n) is 13.3. The SMILES string of the molecule is COc1c(C)cc(C[C@@H](OC(=O)N2CCCCC2)C(=O)N2CCN(C3CCNCC3)CC2)cc1C. The van der Waals surface area contributed by atoms with Crippen molar-refractivity contribution >= 4 is 12.0 Å². The van der Waals surface area contributed by atoms with Crippen molar-refractivity contribution in [1.82, 2.24) is 20.0 Å². The minimum Gasteiger partial charge on any atom is -0.496 e. The maximum atomic E-state index is 13.7. The number of amides is 2. The van der Waals surface area contributed by atoms with Crippen LogP contribution in [-0.4, -0.2) is 98.3 Å². The maximum Gasteiger partial charge on any atom is 0.410 e. The van der Waals surface area contributed by atoms with Gasteiger partial charge in [-0.05, 0) is 75.7 Å². The molecule has 8 heteroatoms. The second-order valence-corrected chi connectivity index (χ2v) is 10.2. The van der Waals surface area contributed by atoms with Crippen LogP contribution in [0.3, 0.4) is 0 Å². The molecule has 4 rings (SSSR count). The maximum absolute atomic E-state index is 13.7. The number of nitrogens with zero attached hydrogens (tertiary/aromatic N) is 3. The summed E-state index contributed by atoms with van der Waals surface area (Å²) >= 11 is 0. The van der Waals surface area contributed by atoms with Gasteiger partial charge in [0, 0.05) is 51.7 Å². The Morgan fingerprint density at radius 1 is 0.943 bits per heavy atom. The lowest BCUT2D eigenvalue weighted by atomic mass is 10.00. The number of piperazine rings is 1. The van der Waals surface area contributed by atoms with Crippen LogP contribution in [0.15, 0.2) is 12.1 Å². The number of hydrogen-bond donors (Lipinski definition) is 1. The predicted molar refractivity (Wildman–Crippen MR) is 136 cm³/mol. The molecule has 0 unspecified atom stereocenters. The van der Waals surface area contributed by atoms with Crippen LogP contribution >= 0.6 is 0 Å². The van der Waals surface area contributed by atoms with Crippen molar-refractivity contribution in [1.29, 1.82) is 0 Å². The molecule has 1 aromatic rings. The van der Waals surface area contributed by atoms with Gasteiger partial charge < -0.3 is 24.6 Å². The van der Waals surface area contributed by atoms with Gasteiger partial charge in [-0.3, -0.25) is 9.69 Å². The molecular weight excluding hydrogens is 444 g/mol. The highest BCUT2D eigenvalue weighted by Crippen LogP contribution is 2.26. The molecular formula is C27H42N4O4. The highest BCUT2D eigenvalue weighted by atomic mass is 16.6. The first-order valence-corrected chi connectivity index (χ1v) is 13.3. The average molecular weight is 487 g/mol. The Labute approximate surface area is 209 Å². The fraction of sp³-hybridized carbons (Fsp3) is 0.704. The quantitative estimate of drug-likeness (QED) is 0.667. The van der Waals surface area contributed by atoms with E-state index < -0.39 is 6.10 Å². The molecule has 2 amide bonds. The van der Waals surface area contributed by atoms with E-state index in [-0.39, 0.29) is 12.0 Å². The van der Waals surface area contributed by atoms with Crippen molar-refractivity contribution in [2.24, 2.45) is 0 Å². The van der Waals surface area contributed by atoms with Gasteiger partial charge in [0.15, 0.2) is 6.10 Å². The van der Waals surface area contributed by atoms with E-state index in [2.05, 4.69) is 10.2 Å². The fourth-order valence-electron chi connectivity index (χ4n) is 5.83. The van der Waals surface area contributed by atoms with Crippen LogP contribution in [0.1, 0.15) is 48.8 Å². The van der Waals surface area contributed by atoms with E-state index in [0.29, 0.717) is 38.6 Å². The van der Waals surface area contributed by atoms with Gasteiger partial charge in [0.05, 0.1) is 7.11 Å². The van der Waals surface area contributed by atoms with E-state index in [9.17, 15) is 9.59 Å². The Kier molecular flexibility index (Phi) is 8.89. The number of methoxy groups -OCH3 is 1. The molecule has 35 heavy (non-hydrogen) atoms. The average Bonchev–Trinajstić information content (AvgIpc) is 2.89. The first kappa shape index (κ1) is 25.8. The van der Waals surface area contributed by atoms with Crippen molar-refractivity contribution in [3.05, 3.63) is 28.8 Å².